The maximum atomic E-state index is 14.0. The molecule has 0 unspecified atom stereocenters. The fraction of sp³-hybridized carbons (Fsp3) is 0.838. The van der Waals surface area contributed by atoms with Crippen molar-refractivity contribution in [1.29, 1.82) is 0 Å². The lowest BCUT2D eigenvalue weighted by molar-refractivity contribution is -0.164. The number of ether oxygens (including phenoxy) is 1. The molecule has 1 fully saturated rings. The van der Waals surface area contributed by atoms with E-state index in [4.69, 9.17) is 9.73 Å². The van der Waals surface area contributed by atoms with Crippen LogP contribution in [-0.2, 0) is 28.7 Å². The third-order valence-corrected chi connectivity index (χ3v) is 12.0. The Morgan fingerprint density at radius 1 is 0.979 bits per heavy atom. The highest BCUT2D eigenvalue weighted by Gasteiger charge is 2.42. The molecule has 0 aliphatic carbocycles. The first kappa shape index (κ1) is 40.0. The summed E-state index contributed by atoms with van der Waals surface area (Å²) >= 11 is 1.78. The van der Waals surface area contributed by atoms with E-state index in [9.17, 15) is 24.0 Å². The summed E-state index contributed by atoms with van der Waals surface area (Å²) in [4.78, 5) is 73.6. The average Bonchev–Trinajstić information content (AvgIpc) is 3.70. The lowest BCUT2D eigenvalue weighted by Crippen LogP contribution is -2.57. The summed E-state index contributed by atoms with van der Waals surface area (Å²) in [6.45, 7) is 20.5. The number of Topliss-reactive ketones (excluding diaryl/α,β-unsaturated/α-hetero) is 1. The van der Waals surface area contributed by atoms with Gasteiger partial charge in [0.2, 0.25) is 17.7 Å². The number of hydrogen-bond donors (Lipinski definition) is 2. The fourth-order valence-electron chi connectivity index (χ4n) is 6.87. The first-order chi connectivity index (χ1) is 22.4. The van der Waals surface area contributed by atoms with E-state index in [1.807, 2.05) is 13.8 Å². The third kappa shape index (κ3) is 10.8. The second-order valence-electron chi connectivity index (χ2n) is 16.0. The zero-order chi connectivity index (χ0) is 35.9. The smallest absolute Gasteiger partial charge is 0.329 e. The number of nitrogens with zero attached hydrogens (tertiary/aromatic N) is 2. The maximum Gasteiger partial charge on any atom is 0.329 e. The van der Waals surface area contributed by atoms with Crippen molar-refractivity contribution in [2.24, 2.45) is 40.0 Å². The minimum absolute atomic E-state index is 0.0111. The van der Waals surface area contributed by atoms with E-state index in [0.717, 1.165) is 17.2 Å². The Labute approximate surface area is 293 Å². The molecule has 0 saturated carbocycles. The number of carbonyl (C=O) groups is 5. The van der Waals surface area contributed by atoms with E-state index in [1.165, 1.54) is 0 Å². The quantitative estimate of drug-likeness (QED) is 0.363. The van der Waals surface area contributed by atoms with Gasteiger partial charge in [-0.05, 0) is 62.2 Å². The highest BCUT2D eigenvalue weighted by Crippen LogP contribution is 2.35. The van der Waals surface area contributed by atoms with Crippen LogP contribution in [0.1, 0.15) is 121 Å². The molecule has 3 rings (SSSR count). The van der Waals surface area contributed by atoms with Crippen LogP contribution >= 0.6 is 11.8 Å². The Morgan fingerprint density at radius 3 is 2.31 bits per heavy atom. The normalized spacial score (nSPS) is 35.0. The van der Waals surface area contributed by atoms with Gasteiger partial charge in [-0.2, -0.15) is 0 Å². The van der Waals surface area contributed by atoms with Crippen LogP contribution < -0.4 is 10.6 Å². The van der Waals surface area contributed by atoms with Gasteiger partial charge in [-0.25, -0.2) is 4.79 Å². The number of thioether (sulfide) groups is 1. The lowest BCUT2D eigenvalue weighted by Gasteiger charge is -2.36. The van der Waals surface area contributed by atoms with E-state index in [2.05, 4.69) is 52.2 Å². The summed E-state index contributed by atoms with van der Waals surface area (Å²) in [5, 5.41) is 6.75. The van der Waals surface area contributed by atoms with Gasteiger partial charge < -0.3 is 20.3 Å². The van der Waals surface area contributed by atoms with Crippen molar-refractivity contribution < 1.29 is 28.7 Å². The van der Waals surface area contributed by atoms with Crippen LogP contribution in [0.25, 0.3) is 0 Å². The van der Waals surface area contributed by atoms with Crippen LogP contribution in [-0.4, -0.2) is 82.0 Å². The van der Waals surface area contributed by atoms with Crippen LogP contribution in [0.3, 0.4) is 0 Å². The SMILES string of the molecule is CC[C@H](C)[C@@H]1NC(=O)[C@H](C)NC(=O)[C@H](C)CC(=O)CC[C@H]2CSC(=N2)[C@H](C)[C@@H](C)C[C@H](C)C[C@@H](C(C)(C)C)OC(=O)[C@@H]2CCCN2C1=O. The van der Waals surface area contributed by atoms with E-state index in [0.29, 0.717) is 56.9 Å². The van der Waals surface area contributed by atoms with E-state index in [-0.39, 0.29) is 59.4 Å². The standard InChI is InChI=1S/C37H62N4O6S/c1-11-22(3)31-35(45)41-16-12-13-29(41)36(46)47-30(37(8,9)10)18-21(2)17-23(4)25(6)34-39-27(20-48-34)14-15-28(42)19-24(5)32(43)38-26(7)33(44)40-31/h21-27,29-31H,11-20H2,1-10H3,(H,38,43)(H,40,44)/t21-,22-,23-,24+,25+,26-,27-,29-,30-,31-/m0/s1. The van der Waals surface area contributed by atoms with Gasteiger partial charge in [-0.1, -0.05) is 68.7 Å². The third-order valence-electron chi connectivity index (χ3n) is 10.7. The van der Waals surface area contributed by atoms with Gasteiger partial charge in [0.1, 0.15) is 30.0 Å². The van der Waals surface area contributed by atoms with Crippen molar-refractivity contribution in [3.63, 3.8) is 0 Å². The zero-order valence-corrected chi connectivity index (χ0v) is 31.9. The largest absolute Gasteiger partial charge is 0.460 e. The second-order valence-corrected chi connectivity index (χ2v) is 17.1. The summed E-state index contributed by atoms with van der Waals surface area (Å²) in [7, 11) is 0. The van der Waals surface area contributed by atoms with E-state index < -0.39 is 30.0 Å². The summed E-state index contributed by atoms with van der Waals surface area (Å²) in [6, 6.07) is -2.40. The van der Waals surface area contributed by atoms with Gasteiger partial charge in [0.25, 0.3) is 0 Å². The number of nitrogens with one attached hydrogen (secondary N) is 2. The van der Waals surface area contributed by atoms with E-state index >= 15 is 0 Å². The number of esters is 1. The van der Waals surface area contributed by atoms with Crippen LogP contribution in [0.2, 0.25) is 0 Å². The Hall–Kier alpha value is -2.43. The number of carbonyl (C=O) groups excluding carboxylic acids is 5. The molecule has 2 bridgehead atoms. The fourth-order valence-corrected chi connectivity index (χ4v) is 8.20. The molecule has 0 aromatic rings. The van der Waals surface area contributed by atoms with Gasteiger partial charge >= 0.3 is 5.97 Å². The Kier molecular flexibility index (Phi) is 14.6. The van der Waals surface area contributed by atoms with Gasteiger partial charge in [-0.15, -0.1) is 11.8 Å². The van der Waals surface area contributed by atoms with Crippen LogP contribution in [0, 0.1) is 35.0 Å². The Balaban J connectivity index is 1.89. The summed E-state index contributed by atoms with van der Waals surface area (Å²) in [5.41, 5.74) is -0.294. The van der Waals surface area contributed by atoms with Gasteiger partial charge in [0, 0.05) is 37.0 Å². The minimum atomic E-state index is -0.912. The van der Waals surface area contributed by atoms with Crippen LogP contribution in [0.5, 0.6) is 0 Å². The molecule has 0 aromatic heterocycles. The van der Waals surface area contributed by atoms with Crippen molar-refractivity contribution in [2.45, 2.75) is 151 Å². The summed E-state index contributed by atoms with van der Waals surface area (Å²) < 4.78 is 6.28. The molecule has 1 saturated heterocycles. The predicted molar refractivity (Wildman–Crippen MR) is 191 cm³/mol. The van der Waals surface area contributed by atoms with Crippen molar-refractivity contribution in [3.8, 4) is 0 Å². The molecule has 10 nitrogen and oxygen atoms in total. The van der Waals surface area contributed by atoms with Crippen LogP contribution in [0.4, 0.5) is 0 Å². The topological polar surface area (TPSA) is 134 Å². The van der Waals surface area contributed by atoms with Crippen LogP contribution in [0.15, 0.2) is 4.99 Å². The van der Waals surface area contributed by atoms with Gasteiger partial charge in [-0.3, -0.25) is 24.2 Å². The second kappa shape index (κ2) is 17.5. The molecule has 3 aliphatic heterocycles. The van der Waals surface area contributed by atoms with Gasteiger partial charge in [0.15, 0.2) is 0 Å². The Morgan fingerprint density at radius 2 is 1.67 bits per heavy atom. The first-order valence-corrected chi connectivity index (χ1v) is 19.2. The number of rotatable bonds is 2. The monoisotopic (exact) mass is 690 g/mol. The molecule has 272 valence electrons. The molecule has 0 aromatic carbocycles. The highest BCUT2D eigenvalue weighted by molar-refractivity contribution is 8.14. The predicted octanol–water partition coefficient (Wildman–Crippen LogP) is 5.56. The zero-order valence-electron chi connectivity index (χ0n) is 31.1. The summed E-state index contributed by atoms with van der Waals surface area (Å²) in [5.74, 6) is -0.545. The first-order valence-electron chi connectivity index (χ1n) is 18.3. The molecule has 0 radical (unpaired) electrons. The molecular formula is C37H62N4O6S. The number of aliphatic imine (C=N–C) groups is 1. The maximum absolute atomic E-state index is 14.0. The molecular weight excluding hydrogens is 628 g/mol. The number of cyclic esters (lactones) is 1. The number of fused-ring (bicyclic) bond motifs is 2. The average molecular weight is 691 g/mol. The molecule has 0 spiro atoms. The van der Waals surface area contributed by atoms with Crippen molar-refractivity contribution in [3.05, 3.63) is 0 Å². The minimum Gasteiger partial charge on any atom is -0.460 e. The van der Waals surface area contributed by atoms with Gasteiger partial charge in [0.05, 0.1) is 11.1 Å². The molecule has 2 N–H and O–H groups in total. The molecule has 11 heteroatoms. The van der Waals surface area contributed by atoms with E-state index in [1.54, 1.807) is 30.5 Å². The van der Waals surface area contributed by atoms with Crippen molar-refractivity contribution in [2.75, 3.05) is 12.3 Å². The summed E-state index contributed by atoms with van der Waals surface area (Å²) in [6.07, 6.45) is 4.26. The highest BCUT2D eigenvalue weighted by atomic mass is 32.2. The van der Waals surface area contributed by atoms with Crippen molar-refractivity contribution in [1.82, 2.24) is 15.5 Å². The number of hydrogen-bond acceptors (Lipinski definition) is 8. The lowest BCUT2D eigenvalue weighted by atomic mass is 9.80. The molecule has 3 heterocycles. The molecule has 3 aliphatic rings. The molecule has 48 heavy (non-hydrogen) atoms. The number of ketones is 1. The molecule has 3 amide bonds. The number of amides is 3. The Bertz CT molecular complexity index is 1200. The van der Waals surface area contributed by atoms with Crippen molar-refractivity contribution >= 4 is 46.3 Å². The molecule has 10 atom stereocenters.